The average Bonchev–Trinajstić information content (AvgIpc) is 2.39. The van der Waals surface area contributed by atoms with Gasteiger partial charge in [-0.2, -0.15) is 0 Å². The molecule has 0 aromatic heterocycles. The van der Waals surface area contributed by atoms with Gasteiger partial charge >= 0.3 is 0 Å². The summed E-state index contributed by atoms with van der Waals surface area (Å²) in [4.78, 5) is 20.6. The van der Waals surface area contributed by atoms with E-state index in [4.69, 9.17) is 0 Å². The minimum absolute atomic E-state index is 0.380. The number of nitro groups is 2. The second-order valence-electron chi connectivity index (χ2n) is 3.89. The number of anilines is 2. The Morgan fingerprint density at radius 1 is 0.650 bits per heavy atom. The first-order chi connectivity index (χ1) is 9.54. The van der Waals surface area contributed by atoms with Crippen LogP contribution in [0.5, 0.6) is 0 Å². The predicted molar refractivity (Wildman–Crippen MR) is 73.1 cm³/mol. The third-order valence-corrected chi connectivity index (χ3v) is 2.54. The summed E-state index contributed by atoms with van der Waals surface area (Å²) in [6.07, 6.45) is 0. The number of hydrogen-bond donors (Lipinski definition) is 2. The minimum atomic E-state index is -0.632. The van der Waals surface area contributed by atoms with Gasteiger partial charge in [-0.1, -0.05) is 24.3 Å². The van der Waals surface area contributed by atoms with Crippen LogP contribution in [0.4, 0.5) is 11.4 Å². The molecule has 2 aromatic rings. The van der Waals surface area contributed by atoms with Crippen molar-refractivity contribution in [1.29, 1.82) is 0 Å². The lowest BCUT2D eigenvalue weighted by Crippen LogP contribution is -2.07. The molecule has 102 valence electrons. The molecule has 2 rings (SSSR count). The third-order valence-electron chi connectivity index (χ3n) is 2.54. The Morgan fingerprint density at radius 2 is 0.950 bits per heavy atom. The Hall–Kier alpha value is -3.16. The standard InChI is InChI=1S/C12H10N4O4/c17-15(18)13-11-5-1-9(2-6-11)10-3-7-12(8-4-10)14-16(19)20/h1-8,13-14H. The number of nitrogens with zero attached hydrogens (tertiary/aromatic N) is 2. The van der Waals surface area contributed by atoms with E-state index in [1.165, 1.54) is 0 Å². The molecule has 0 saturated carbocycles. The smallest absolute Gasteiger partial charge is 0.162 e. The Kier molecular flexibility index (Phi) is 3.75. The molecule has 2 N–H and O–H groups in total. The molecule has 0 aliphatic rings. The van der Waals surface area contributed by atoms with Crippen molar-refractivity contribution < 1.29 is 10.1 Å². The molecule has 0 bridgehead atoms. The molecule has 0 saturated heterocycles. The van der Waals surface area contributed by atoms with Gasteiger partial charge in [0.15, 0.2) is 10.1 Å². The monoisotopic (exact) mass is 274 g/mol. The summed E-state index contributed by atoms with van der Waals surface area (Å²) in [5.74, 6) is 0. The third kappa shape index (κ3) is 3.42. The van der Waals surface area contributed by atoms with Crippen molar-refractivity contribution in [3.05, 3.63) is 68.8 Å². The van der Waals surface area contributed by atoms with E-state index < -0.39 is 10.1 Å². The van der Waals surface area contributed by atoms with E-state index in [0.717, 1.165) is 11.1 Å². The van der Waals surface area contributed by atoms with Gasteiger partial charge < -0.3 is 0 Å². The van der Waals surface area contributed by atoms with Crippen molar-refractivity contribution in [1.82, 2.24) is 0 Å². The summed E-state index contributed by atoms with van der Waals surface area (Å²) in [6, 6.07) is 13.2. The highest BCUT2D eigenvalue weighted by Gasteiger charge is 2.03. The van der Waals surface area contributed by atoms with Gasteiger partial charge in [0.25, 0.3) is 0 Å². The first-order valence-corrected chi connectivity index (χ1v) is 5.57. The van der Waals surface area contributed by atoms with Crippen molar-refractivity contribution in [3.63, 3.8) is 0 Å². The maximum absolute atomic E-state index is 10.3. The van der Waals surface area contributed by atoms with Gasteiger partial charge in [-0.15, -0.1) is 10.9 Å². The summed E-state index contributed by atoms with van der Waals surface area (Å²) in [5.41, 5.74) is 6.57. The molecule has 0 heterocycles. The topological polar surface area (TPSA) is 110 Å². The van der Waals surface area contributed by atoms with Crippen molar-refractivity contribution >= 4 is 11.4 Å². The summed E-state index contributed by atoms with van der Waals surface area (Å²) in [6.45, 7) is 0. The molecule has 0 aliphatic heterocycles. The van der Waals surface area contributed by atoms with Crippen molar-refractivity contribution in [3.8, 4) is 11.1 Å². The van der Waals surface area contributed by atoms with E-state index in [0.29, 0.717) is 11.4 Å². The highest BCUT2D eigenvalue weighted by Crippen LogP contribution is 2.23. The molecule has 0 fully saturated rings. The maximum Gasteiger partial charge on any atom is 0.162 e. The van der Waals surface area contributed by atoms with E-state index in [2.05, 4.69) is 10.9 Å². The van der Waals surface area contributed by atoms with Crippen molar-refractivity contribution in [2.45, 2.75) is 0 Å². The fraction of sp³-hybridized carbons (Fsp3) is 0. The summed E-state index contributed by atoms with van der Waals surface area (Å²) < 4.78 is 0. The Morgan fingerprint density at radius 3 is 1.20 bits per heavy atom. The minimum Gasteiger partial charge on any atom is -0.235 e. The number of hydrogen-bond acceptors (Lipinski definition) is 4. The second kappa shape index (κ2) is 5.65. The Labute approximate surface area is 113 Å². The van der Waals surface area contributed by atoms with Crippen LogP contribution in [0.25, 0.3) is 11.1 Å². The molecule has 0 aliphatic carbocycles. The van der Waals surface area contributed by atoms with E-state index >= 15 is 0 Å². The van der Waals surface area contributed by atoms with Gasteiger partial charge in [0.1, 0.15) is 11.4 Å². The van der Waals surface area contributed by atoms with Crippen molar-refractivity contribution in [2.75, 3.05) is 10.9 Å². The lowest BCUT2D eigenvalue weighted by atomic mass is 10.1. The van der Waals surface area contributed by atoms with E-state index in [9.17, 15) is 20.2 Å². The highest BCUT2D eigenvalue weighted by atomic mass is 16.7. The summed E-state index contributed by atoms with van der Waals surface area (Å²) in [5, 5.41) is 19.3. The van der Waals surface area contributed by atoms with Crippen LogP contribution in [-0.4, -0.2) is 10.1 Å². The van der Waals surface area contributed by atoms with E-state index in [1.807, 2.05) is 0 Å². The van der Waals surface area contributed by atoms with Crippen LogP contribution in [0.2, 0.25) is 0 Å². The van der Waals surface area contributed by atoms with Gasteiger partial charge in [0, 0.05) is 0 Å². The van der Waals surface area contributed by atoms with Gasteiger partial charge in [-0.25, -0.2) is 20.2 Å². The lowest BCUT2D eigenvalue weighted by molar-refractivity contribution is -0.445. The first-order valence-electron chi connectivity index (χ1n) is 5.57. The SMILES string of the molecule is O=[N+]([O-])Nc1ccc(-c2ccc(N[N+](=O)[O-])cc2)cc1. The molecule has 2 aromatic carbocycles. The fourth-order valence-electron chi connectivity index (χ4n) is 1.69. The zero-order valence-electron chi connectivity index (χ0n) is 10.1. The largest absolute Gasteiger partial charge is 0.235 e. The molecule has 0 radical (unpaired) electrons. The molecule has 8 nitrogen and oxygen atoms in total. The molecule has 20 heavy (non-hydrogen) atoms. The van der Waals surface area contributed by atoms with Crippen LogP contribution in [0, 0.1) is 20.2 Å². The average molecular weight is 274 g/mol. The Balaban J connectivity index is 2.15. The van der Waals surface area contributed by atoms with Gasteiger partial charge in [-0.05, 0) is 35.4 Å². The second-order valence-corrected chi connectivity index (χ2v) is 3.89. The Bertz CT molecular complexity index is 567. The molecule has 8 heteroatoms. The molecule has 0 atom stereocenters. The summed E-state index contributed by atoms with van der Waals surface area (Å²) in [7, 11) is 0. The molecular formula is C12H10N4O4. The lowest BCUT2D eigenvalue weighted by Gasteiger charge is -2.04. The van der Waals surface area contributed by atoms with Crippen LogP contribution in [-0.2, 0) is 0 Å². The van der Waals surface area contributed by atoms with Gasteiger partial charge in [0.05, 0.1) is 0 Å². The number of hydrazine groups is 2. The maximum atomic E-state index is 10.3. The van der Waals surface area contributed by atoms with Crippen LogP contribution < -0.4 is 10.9 Å². The zero-order valence-corrected chi connectivity index (χ0v) is 10.1. The van der Waals surface area contributed by atoms with Gasteiger partial charge in [0.2, 0.25) is 0 Å². The van der Waals surface area contributed by atoms with Crippen LogP contribution >= 0.6 is 0 Å². The van der Waals surface area contributed by atoms with Gasteiger partial charge in [-0.3, -0.25) is 0 Å². The van der Waals surface area contributed by atoms with Crippen molar-refractivity contribution in [2.24, 2.45) is 0 Å². The normalized spacial score (nSPS) is 9.80. The van der Waals surface area contributed by atoms with E-state index in [1.54, 1.807) is 48.5 Å². The van der Waals surface area contributed by atoms with E-state index in [-0.39, 0.29) is 0 Å². The molecular weight excluding hydrogens is 264 g/mol. The van der Waals surface area contributed by atoms with Crippen LogP contribution in [0.1, 0.15) is 0 Å². The zero-order chi connectivity index (χ0) is 14.5. The molecule has 0 unspecified atom stereocenters. The first kappa shape index (κ1) is 13.3. The molecule has 0 spiro atoms. The fourth-order valence-corrected chi connectivity index (χ4v) is 1.69. The number of nitrogens with one attached hydrogen (secondary N) is 2. The quantitative estimate of drug-likeness (QED) is 0.640. The van der Waals surface area contributed by atoms with Crippen LogP contribution in [0.15, 0.2) is 48.5 Å². The highest BCUT2D eigenvalue weighted by molar-refractivity contribution is 5.67. The number of rotatable bonds is 5. The van der Waals surface area contributed by atoms with Crippen LogP contribution in [0.3, 0.4) is 0 Å². The molecule has 0 amide bonds. The summed E-state index contributed by atoms with van der Waals surface area (Å²) >= 11 is 0. The number of benzene rings is 2. The predicted octanol–water partition coefficient (Wildman–Crippen LogP) is 2.56.